The van der Waals surface area contributed by atoms with Crippen LogP contribution >= 0.6 is 0 Å². The van der Waals surface area contributed by atoms with Crippen LogP contribution in [-0.2, 0) is 10.0 Å². The number of aromatic nitrogens is 3. The molecule has 0 aromatic carbocycles. The van der Waals surface area contributed by atoms with Crippen LogP contribution in [0.15, 0.2) is 29.7 Å². The van der Waals surface area contributed by atoms with E-state index in [9.17, 15) is 8.42 Å². The Bertz CT molecular complexity index is 545. The van der Waals surface area contributed by atoms with Gasteiger partial charge >= 0.3 is 0 Å². The van der Waals surface area contributed by atoms with Gasteiger partial charge in [0.25, 0.3) is 10.0 Å². The Morgan fingerprint density at radius 1 is 1.46 bits per heavy atom. The number of hydrogen-bond donors (Lipinski definition) is 1. The van der Waals surface area contributed by atoms with E-state index < -0.39 is 10.0 Å². The topological polar surface area (TPSA) is 90.4 Å². The highest BCUT2D eigenvalue weighted by Crippen LogP contribution is 2.10. The van der Waals surface area contributed by atoms with Gasteiger partial charge in [0.05, 0.1) is 0 Å². The van der Waals surface area contributed by atoms with Crippen molar-refractivity contribution in [3.05, 3.63) is 24.7 Å². The molecule has 0 spiro atoms. The molecule has 0 saturated carbocycles. The van der Waals surface area contributed by atoms with E-state index in [0.717, 1.165) is 6.33 Å². The molecule has 2 N–H and O–H groups in total. The molecule has 2 heterocycles. The first-order valence-electron chi connectivity index (χ1n) is 3.40. The predicted molar refractivity (Wildman–Crippen MR) is 44.4 cm³/mol. The van der Waals surface area contributed by atoms with Crippen molar-refractivity contribution in [1.29, 1.82) is 0 Å². The summed E-state index contributed by atoms with van der Waals surface area (Å²) in [5.41, 5.74) is 0.380. The van der Waals surface area contributed by atoms with E-state index in [2.05, 4.69) is 10.1 Å². The Kier molecular flexibility index (Phi) is 1.57. The monoisotopic (exact) mass is 198 g/mol. The van der Waals surface area contributed by atoms with Crippen molar-refractivity contribution in [2.24, 2.45) is 5.14 Å². The van der Waals surface area contributed by atoms with Gasteiger partial charge in [0.1, 0.15) is 11.8 Å². The summed E-state index contributed by atoms with van der Waals surface area (Å²) in [6.07, 6.45) is 2.76. The zero-order chi connectivity index (χ0) is 9.47. The molecule has 0 aliphatic heterocycles. The van der Waals surface area contributed by atoms with E-state index in [1.54, 1.807) is 18.3 Å². The molecule has 0 atom stereocenters. The van der Waals surface area contributed by atoms with Gasteiger partial charge in [-0.15, -0.1) is 0 Å². The Hall–Kier alpha value is -1.47. The molecule has 0 amide bonds. The average molecular weight is 198 g/mol. The lowest BCUT2D eigenvalue weighted by atomic mass is 10.5. The molecule has 0 bridgehead atoms. The summed E-state index contributed by atoms with van der Waals surface area (Å²) in [6, 6.07) is 3.25. The van der Waals surface area contributed by atoms with Crippen LogP contribution in [-0.4, -0.2) is 23.0 Å². The smallest absolute Gasteiger partial charge is 0.237 e. The van der Waals surface area contributed by atoms with Crippen LogP contribution in [0, 0.1) is 0 Å². The van der Waals surface area contributed by atoms with E-state index in [1.807, 2.05) is 0 Å². The van der Waals surface area contributed by atoms with Crippen molar-refractivity contribution in [2.75, 3.05) is 0 Å². The van der Waals surface area contributed by atoms with Crippen molar-refractivity contribution in [1.82, 2.24) is 14.6 Å². The first-order valence-corrected chi connectivity index (χ1v) is 4.95. The van der Waals surface area contributed by atoms with Crippen molar-refractivity contribution >= 4 is 15.5 Å². The standard InChI is InChI=1S/C6H6N4O2S/c7-13(11,12)6-5-2-1-3-10(5)9-4-8-6/h1-4H,(H2,7,11,12). The summed E-state index contributed by atoms with van der Waals surface area (Å²) in [6.45, 7) is 0. The molecule has 0 unspecified atom stereocenters. The SMILES string of the molecule is NS(=O)(=O)c1ncnn2cccc12. The summed E-state index contributed by atoms with van der Waals surface area (Å²) >= 11 is 0. The maximum absolute atomic E-state index is 11.0. The molecule has 7 heteroatoms. The predicted octanol–water partition coefficient (Wildman–Crippen LogP) is -0.623. The Morgan fingerprint density at radius 3 is 2.92 bits per heavy atom. The van der Waals surface area contributed by atoms with Gasteiger partial charge in [0.15, 0.2) is 5.03 Å². The minimum Gasteiger partial charge on any atom is -0.237 e. The van der Waals surface area contributed by atoms with Gasteiger partial charge in [-0.05, 0) is 12.1 Å². The number of nitrogens with two attached hydrogens (primary N) is 1. The van der Waals surface area contributed by atoms with Crippen LogP contribution in [0.2, 0.25) is 0 Å². The van der Waals surface area contributed by atoms with Crippen LogP contribution < -0.4 is 5.14 Å². The molecular formula is C6H6N4O2S. The number of fused-ring (bicyclic) bond motifs is 1. The quantitative estimate of drug-likeness (QED) is 0.661. The third-order valence-electron chi connectivity index (χ3n) is 1.57. The van der Waals surface area contributed by atoms with Crippen LogP contribution in [0.25, 0.3) is 5.52 Å². The van der Waals surface area contributed by atoms with Crippen molar-refractivity contribution in [3.8, 4) is 0 Å². The third kappa shape index (κ3) is 1.27. The Labute approximate surface area is 74.1 Å². The summed E-state index contributed by atoms with van der Waals surface area (Å²) in [7, 11) is -3.77. The fraction of sp³-hybridized carbons (Fsp3) is 0. The second kappa shape index (κ2) is 2.51. The van der Waals surface area contributed by atoms with Crippen LogP contribution in [0.3, 0.4) is 0 Å². The largest absolute Gasteiger partial charge is 0.257 e. The number of sulfonamides is 1. The first-order chi connectivity index (χ1) is 6.09. The minimum atomic E-state index is -3.77. The summed E-state index contributed by atoms with van der Waals surface area (Å²) < 4.78 is 23.4. The summed E-state index contributed by atoms with van der Waals surface area (Å²) in [5.74, 6) is 0. The van der Waals surface area contributed by atoms with E-state index >= 15 is 0 Å². The molecular weight excluding hydrogens is 192 g/mol. The van der Waals surface area contributed by atoms with Gasteiger partial charge in [-0.3, -0.25) is 0 Å². The number of rotatable bonds is 1. The van der Waals surface area contributed by atoms with Crippen LogP contribution in [0.1, 0.15) is 0 Å². The van der Waals surface area contributed by atoms with Crippen molar-refractivity contribution < 1.29 is 8.42 Å². The highest BCUT2D eigenvalue weighted by atomic mass is 32.2. The number of primary sulfonamides is 1. The summed E-state index contributed by atoms with van der Waals surface area (Å²) in [4.78, 5) is 3.61. The fourth-order valence-corrected chi connectivity index (χ4v) is 1.71. The molecule has 0 aliphatic rings. The molecule has 2 rings (SSSR count). The lowest BCUT2D eigenvalue weighted by molar-refractivity contribution is 0.593. The molecule has 13 heavy (non-hydrogen) atoms. The zero-order valence-corrected chi connectivity index (χ0v) is 7.27. The molecule has 0 saturated heterocycles. The number of hydrogen-bond acceptors (Lipinski definition) is 4. The van der Waals surface area contributed by atoms with Crippen LogP contribution in [0.5, 0.6) is 0 Å². The molecule has 0 aliphatic carbocycles. The first kappa shape index (κ1) is 8.14. The zero-order valence-electron chi connectivity index (χ0n) is 6.45. The van der Waals surface area contributed by atoms with E-state index in [-0.39, 0.29) is 5.03 Å². The molecule has 2 aromatic rings. The minimum absolute atomic E-state index is 0.160. The maximum atomic E-state index is 11.0. The Morgan fingerprint density at radius 2 is 2.23 bits per heavy atom. The van der Waals surface area contributed by atoms with Gasteiger partial charge in [-0.1, -0.05) is 0 Å². The maximum Gasteiger partial charge on any atom is 0.257 e. The van der Waals surface area contributed by atoms with E-state index in [4.69, 9.17) is 5.14 Å². The fourth-order valence-electron chi connectivity index (χ4n) is 1.06. The third-order valence-corrected chi connectivity index (χ3v) is 2.42. The van der Waals surface area contributed by atoms with Gasteiger partial charge in [-0.25, -0.2) is 23.1 Å². The highest BCUT2D eigenvalue weighted by Gasteiger charge is 2.14. The lowest BCUT2D eigenvalue weighted by Crippen LogP contribution is -2.15. The van der Waals surface area contributed by atoms with E-state index in [1.165, 1.54) is 4.52 Å². The van der Waals surface area contributed by atoms with Gasteiger partial charge < -0.3 is 0 Å². The van der Waals surface area contributed by atoms with Crippen molar-refractivity contribution in [3.63, 3.8) is 0 Å². The van der Waals surface area contributed by atoms with Gasteiger partial charge in [-0.2, -0.15) is 5.10 Å². The van der Waals surface area contributed by atoms with Crippen molar-refractivity contribution in [2.45, 2.75) is 5.03 Å². The molecule has 2 aromatic heterocycles. The van der Waals surface area contributed by atoms with Crippen LogP contribution in [0.4, 0.5) is 0 Å². The number of nitrogens with zero attached hydrogens (tertiary/aromatic N) is 3. The summed E-state index contributed by atoms with van der Waals surface area (Å²) in [5, 5.41) is 8.59. The molecule has 68 valence electrons. The second-order valence-corrected chi connectivity index (χ2v) is 3.92. The molecule has 6 nitrogen and oxygen atoms in total. The second-order valence-electron chi connectivity index (χ2n) is 2.45. The van der Waals surface area contributed by atoms with Gasteiger partial charge in [0, 0.05) is 6.20 Å². The molecule has 0 fully saturated rings. The Balaban J connectivity index is 2.91. The van der Waals surface area contributed by atoms with E-state index in [0.29, 0.717) is 5.52 Å². The van der Waals surface area contributed by atoms with Gasteiger partial charge in [0.2, 0.25) is 0 Å². The lowest BCUT2D eigenvalue weighted by Gasteiger charge is -1.98. The highest BCUT2D eigenvalue weighted by molar-refractivity contribution is 7.89. The molecule has 0 radical (unpaired) electrons. The normalized spacial score (nSPS) is 12.1. The average Bonchev–Trinajstić information content (AvgIpc) is 2.48.